The molecule has 0 atom stereocenters. The Kier molecular flexibility index (Phi) is 5.32. The highest BCUT2D eigenvalue weighted by Crippen LogP contribution is 2.23. The van der Waals surface area contributed by atoms with Gasteiger partial charge in [-0.15, -0.1) is 0 Å². The number of amides is 1. The number of anilines is 1. The monoisotopic (exact) mass is 352 g/mol. The first kappa shape index (κ1) is 18.1. The fraction of sp³-hybridized carbons (Fsp3) is 0.350. The molecule has 0 saturated heterocycles. The molecule has 0 fully saturated rings. The van der Waals surface area contributed by atoms with Gasteiger partial charge in [-0.3, -0.25) is 4.79 Å². The minimum absolute atomic E-state index is 0.171. The third-order valence-electron chi connectivity index (χ3n) is 4.16. The van der Waals surface area contributed by atoms with Crippen LogP contribution in [0.5, 0.6) is 0 Å². The number of carbonyl (C=O) groups is 1. The normalized spacial score (nSPS) is 11.3. The number of para-hydroxylation sites is 1. The fourth-order valence-electron chi connectivity index (χ4n) is 2.88. The number of nitrogens with zero attached hydrogens (tertiary/aromatic N) is 3. The minimum atomic E-state index is -0.173. The van der Waals surface area contributed by atoms with Crippen LogP contribution in [0.15, 0.2) is 36.5 Å². The highest BCUT2D eigenvalue weighted by molar-refractivity contribution is 6.12. The number of nitrogens with one attached hydrogen (secondary N) is 1. The molecular weight excluding hydrogens is 328 g/mol. The van der Waals surface area contributed by atoms with Crippen LogP contribution in [0.1, 0.15) is 48.4 Å². The van der Waals surface area contributed by atoms with Crippen molar-refractivity contribution >= 4 is 22.6 Å². The van der Waals surface area contributed by atoms with E-state index in [-0.39, 0.29) is 11.9 Å². The van der Waals surface area contributed by atoms with Crippen molar-refractivity contribution in [1.29, 1.82) is 0 Å². The number of rotatable bonds is 6. The molecule has 0 radical (unpaired) electrons. The summed E-state index contributed by atoms with van der Waals surface area (Å²) in [6.07, 6.45) is 1.71. The lowest BCUT2D eigenvalue weighted by atomic mass is 10.1. The van der Waals surface area contributed by atoms with Crippen LogP contribution in [-0.2, 0) is 11.3 Å². The Labute approximate surface area is 153 Å². The van der Waals surface area contributed by atoms with Gasteiger partial charge >= 0.3 is 0 Å². The summed E-state index contributed by atoms with van der Waals surface area (Å²) >= 11 is 0. The molecule has 2 aromatic heterocycles. The van der Waals surface area contributed by atoms with Crippen LogP contribution in [0.2, 0.25) is 0 Å². The van der Waals surface area contributed by atoms with Gasteiger partial charge in [-0.05, 0) is 39.8 Å². The number of carbonyl (C=O) groups excluding carboxylic acids is 1. The van der Waals surface area contributed by atoms with Gasteiger partial charge in [-0.2, -0.15) is 5.10 Å². The number of ether oxygens (including phenoxy) is 1. The average Bonchev–Trinajstić information content (AvgIpc) is 3.04. The molecule has 2 heterocycles. The van der Waals surface area contributed by atoms with Gasteiger partial charge in [-0.25, -0.2) is 9.67 Å². The second-order valence-corrected chi connectivity index (χ2v) is 6.48. The maximum Gasteiger partial charge on any atom is 0.256 e. The lowest BCUT2D eigenvalue weighted by Gasteiger charge is -2.12. The molecule has 6 heteroatoms. The highest BCUT2D eigenvalue weighted by atomic mass is 16.5. The summed E-state index contributed by atoms with van der Waals surface area (Å²) in [5.41, 5.74) is 3.79. The predicted molar refractivity (Wildman–Crippen MR) is 102 cm³/mol. The first-order valence-electron chi connectivity index (χ1n) is 8.83. The third-order valence-corrected chi connectivity index (χ3v) is 4.16. The number of pyridine rings is 1. The Bertz CT molecular complexity index is 931. The molecule has 0 spiro atoms. The Morgan fingerprint density at radius 3 is 2.81 bits per heavy atom. The van der Waals surface area contributed by atoms with E-state index in [1.165, 1.54) is 0 Å². The summed E-state index contributed by atoms with van der Waals surface area (Å²) in [6.45, 7) is 9.01. The van der Waals surface area contributed by atoms with Crippen LogP contribution < -0.4 is 5.32 Å². The molecule has 26 heavy (non-hydrogen) atoms. The van der Waals surface area contributed by atoms with E-state index in [2.05, 4.69) is 15.4 Å². The Morgan fingerprint density at radius 2 is 2.08 bits per heavy atom. The number of hydrogen-bond acceptors (Lipinski definition) is 4. The van der Waals surface area contributed by atoms with Crippen molar-refractivity contribution in [2.24, 2.45) is 0 Å². The van der Waals surface area contributed by atoms with Crippen LogP contribution in [-0.4, -0.2) is 27.3 Å². The Balaban J connectivity index is 1.96. The van der Waals surface area contributed by atoms with Crippen molar-refractivity contribution < 1.29 is 9.53 Å². The van der Waals surface area contributed by atoms with E-state index in [1.54, 1.807) is 12.3 Å². The van der Waals surface area contributed by atoms with Crippen LogP contribution in [0.3, 0.4) is 0 Å². The molecule has 0 aliphatic heterocycles. The molecule has 1 aromatic carbocycles. The highest BCUT2D eigenvalue weighted by Gasteiger charge is 2.17. The number of aromatic nitrogens is 3. The van der Waals surface area contributed by atoms with Gasteiger partial charge in [0.2, 0.25) is 0 Å². The van der Waals surface area contributed by atoms with Gasteiger partial charge in [0.15, 0.2) is 5.65 Å². The van der Waals surface area contributed by atoms with Crippen LogP contribution in [0, 0.1) is 6.92 Å². The van der Waals surface area contributed by atoms with Gasteiger partial charge in [0.25, 0.3) is 5.91 Å². The standard InChI is InChI=1S/C20H24N4O2/c1-5-26-12-15-8-6-7-9-18(15)23-20(25)16-10-14(4)22-19-17(16)11-21-24(19)13(2)3/h6-11,13H,5,12H2,1-4H3,(H,23,25). The van der Waals surface area contributed by atoms with E-state index in [1.807, 2.05) is 56.6 Å². The topological polar surface area (TPSA) is 69.0 Å². The van der Waals surface area contributed by atoms with E-state index < -0.39 is 0 Å². The zero-order chi connectivity index (χ0) is 18.7. The number of fused-ring (bicyclic) bond motifs is 1. The van der Waals surface area contributed by atoms with Crippen LogP contribution in [0.25, 0.3) is 11.0 Å². The molecule has 136 valence electrons. The molecule has 0 aliphatic carbocycles. The summed E-state index contributed by atoms with van der Waals surface area (Å²) in [6, 6.07) is 9.64. The summed E-state index contributed by atoms with van der Waals surface area (Å²) in [5, 5.41) is 8.16. The van der Waals surface area contributed by atoms with Crippen molar-refractivity contribution in [3.05, 3.63) is 53.3 Å². The predicted octanol–water partition coefficient (Wildman–Crippen LogP) is 4.11. The molecule has 3 aromatic rings. The first-order chi connectivity index (χ1) is 12.5. The lowest BCUT2D eigenvalue weighted by molar-refractivity contribution is 0.102. The summed E-state index contributed by atoms with van der Waals surface area (Å²) in [4.78, 5) is 17.5. The van der Waals surface area contributed by atoms with E-state index in [0.717, 1.165) is 28.0 Å². The molecule has 1 N–H and O–H groups in total. The van der Waals surface area contributed by atoms with Crippen LogP contribution in [0.4, 0.5) is 5.69 Å². The Hall–Kier alpha value is -2.73. The lowest BCUT2D eigenvalue weighted by Crippen LogP contribution is -2.15. The SMILES string of the molecule is CCOCc1ccccc1NC(=O)c1cc(C)nc2c1cnn2C(C)C. The van der Waals surface area contributed by atoms with Crippen molar-refractivity contribution in [2.45, 2.75) is 40.3 Å². The number of benzene rings is 1. The molecule has 3 rings (SSSR count). The van der Waals surface area contributed by atoms with Crippen molar-refractivity contribution in [1.82, 2.24) is 14.8 Å². The first-order valence-corrected chi connectivity index (χ1v) is 8.83. The second kappa shape index (κ2) is 7.66. The molecule has 0 unspecified atom stereocenters. The molecular formula is C20H24N4O2. The van der Waals surface area contributed by atoms with E-state index in [9.17, 15) is 4.79 Å². The largest absolute Gasteiger partial charge is 0.377 e. The molecule has 0 saturated carbocycles. The minimum Gasteiger partial charge on any atom is -0.377 e. The quantitative estimate of drug-likeness (QED) is 0.725. The van der Waals surface area contributed by atoms with Gasteiger partial charge in [0.05, 0.1) is 23.8 Å². The Morgan fingerprint density at radius 1 is 1.31 bits per heavy atom. The van der Waals surface area contributed by atoms with Gasteiger partial charge in [0, 0.05) is 29.6 Å². The van der Waals surface area contributed by atoms with Crippen molar-refractivity contribution in [3.63, 3.8) is 0 Å². The molecule has 1 amide bonds. The van der Waals surface area contributed by atoms with Gasteiger partial charge in [-0.1, -0.05) is 18.2 Å². The zero-order valence-corrected chi connectivity index (χ0v) is 15.6. The van der Waals surface area contributed by atoms with Crippen molar-refractivity contribution in [3.8, 4) is 0 Å². The smallest absolute Gasteiger partial charge is 0.256 e. The summed E-state index contributed by atoms with van der Waals surface area (Å²) < 4.78 is 7.33. The summed E-state index contributed by atoms with van der Waals surface area (Å²) in [5.74, 6) is -0.173. The third kappa shape index (κ3) is 3.60. The van der Waals surface area contributed by atoms with Crippen LogP contribution >= 0.6 is 0 Å². The maximum absolute atomic E-state index is 13.0. The van der Waals surface area contributed by atoms with Gasteiger partial charge in [0.1, 0.15) is 0 Å². The van der Waals surface area contributed by atoms with Crippen molar-refractivity contribution in [2.75, 3.05) is 11.9 Å². The summed E-state index contributed by atoms with van der Waals surface area (Å²) in [7, 11) is 0. The number of hydrogen-bond donors (Lipinski definition) is 1. The fourth-order valence-corrected chi connectivity index (χ4v) is 2.88. The number of aryl methyl sites for hydroxylation is 1. The van der Waals surface area contributed by atoms with Gasteiger partial charge < -0.3 is 10.1 Å². The second-order valence-electron chi connectivity index (χ2n) is 6.48. The van der Waals surface area contributed by atoms with E-state index in [0.29, 0.717) is 18.8 Å². The molecule has 6 nitrogen and oxygen atoms in total. The molecule has 0 aliphatic rings. The van der Waals surface area contributed by atoms with E-state index in [4.69, 9.17) is 4.74 Å². The zero-order valence-electron chi connectivity index (χ0n) is 15.6. The average molecular weight is 352 g/mol. The maximum atomic E-state index is 13.0. The van der Waals surface area contributed by atoms with E-state index >= 15 is 0 Å². The molecule has 0 bridgehead atoms.